The molecule has 19 heavy (non-hydrogen) atoms. The molecule has 2 nitrogen and oxygen atoms in total. The molecular weight excluding hydrogens is 234 g/mol. The van der Waals surface area contributed by atoms with Crippen molar-refractivity contribution in [1.82, 2.24) is 4.90 Å². The van der Waals surface area contributed by atoms with Crippen LogP contribution in [0.3, 0.4) is 0 Å². The first-order valence-electron chi connectivity index (χ1n) is 7.82. The monoisotopic (exact) mass is 261 g/mol. The fourth-order valence-corrected chi connectivity index (χ4v) is 2.70. The summed E-state index contributed by atoms with van der Waals surface area (Å²) < 4.78 is 6.02. The first-order valence-corrected chi connectivity index (χ1v) is 7.82. The smallest absolute Gasteiger partial charge is 0.119 e. The minimum absolute atomic E-state index is 0.411. The summed E-state index contributed by atoms with van der Waals surface area (Å²) >= 11 is 0. The Labute approximate surface area is 117 Å². The van der Waals surface area contributed by atoms with Gasteiger partial charge in [0, 0.05) is 13.1 Å². The summed E-state index contributed by atoms with van der Waals surface area (Å²) in [7, 11) is 0. The molecule has 0 saturated carbocycles. The van der Waals surface area contributed by atoms with Gasteiger partial charge in [-0.05, 0) is 37.9 Å². The zero-order valence-electron chi connectivity index (χ0n) is 12.2. The molecule has 1 fully saturated rings. The molecule has 0 amide bonds. The van der Waals surface area contributed by atoms with Gasteiger partial charge >= 0.3 is 0 Å². The molecular formula is C17H27NO. The molecule has 1 aromatic rings. The van der Waals surface area contributed by atoms with Crippen molar-refractivity contribution in [3.05, 3.63) is 30.3 Å². The van der Waals surface area contributed by atoms with Crippen LogP contribution in [-0.2, 0) is 0 Å². The number of hydrogen-bond acceptors (Lipinski definition) is 2. The molecule has 106 valence electrons. The van der Waals surface area contributed by atoms with E-state index in [0.717, 1.165) is 5.75 Å². The highest BCUT2D eigenvalue weighted by Crippen LogP contribution is 2.18. The summed E-state index contributed by atoms with van der Waals surface area (Å²) in [5.74, 6) is 1.02. The van der Waals surface area contributed by atoms with Crippen molar-refractivity contribution in [2.24, 2.45) is 0 Å². The third kappa shape index (κ3) is 5.23. The summed E-state index contributed by atoms with van der Waals surface area (Å²) in [5, 5.41) is 0. The normalized spacial score (nSPS) is 17.5. The van der Waals surface area contributed by atoms with E-state index in [1.54, 1.807) is 0 Å². The molecule has 0 aliphatic carbocycles. The largest absolute Gasteiger partial charge is 0.490 e. The van der Waals surface area contributed by atoms with Gasteiger partial charge in [-0.25, -0.2) is 0 Å². The maximum atomic E-state index is 6.02. The molecule has 2 rings (SSSR count). The van der Waals surface area contributed by atoms with E-state index in [1.165, 1.54) is 58.2 Å². The molecule has 1 aliphatic heterocycles. The number of unbranched alkanes of at least 4 members (excludes halogenated alkanes) is 3. The van der Waals surface area contributed by atoms with Crippen molar-refractivity contribution in [2.75, 3.05) is 19.6 Å². The van der Waals surface area contributed by atoms with Gasteiger partial charge < -0.3 is 9.64 Å². The molecule has 1 aromatic carbocycles. The van der Waals surface area contributed by atoms with Crippen molar-refractivity contribution < 1.29 is 4.74 Å². The second-order valence-corrected chi connectivity index (χ2v) is 5.53. The molecule has 0 atom stereocenters. The van der Waals surface area contributed by atoms with Gasteiger partial charge in [-0.3, -0.25) is 0 Å². The highest BCUT2D eigenvalue weighted by Gasteiger charge is 2.19. The third-order valence-corrected chi connectivity index (χ3v) is 3.91. The minimum Gasteiger partial charge on any atom is -0.490 e. The summed E-state index contributed by atoms with van der Waals surface area (Å²) in [4.78, 5) is 2.60. The maximum Gasteiger partial charge on any atom is 0.119 e. The van der Waals surface area contributed by atoms with E-state index in [4.69, 9.17) is 4.74 Å². The topological polar surface area (TPSA) is 12.5 Å². The SMILES string of the molecule is CCCCCCN1CCC(Oc2ccccc2)CC1. The average molecular weight is 261 g/mol. The molecule has 1 saturated heterocycles. The number of ether oxygens (including phenoxy) is 1. The van der Waals surface area contributed by atoms with E-state index in [2.05, 4.69) is 24.0 Å². The van der Waals surface area contributed by atoms with E-state index in [1.807, 2.05) is 18.2 Å². The van der Waals surface area contributed by atoms with Gasteiger partial charge in [0.15, 0.2) is 0 Å². The number of hydrogen-bond donors (Lipinski definition) is 0. The second-order valence-electron chi connectivity index (χ2n) is 5.53. The molecule has 0 bridgehead atoms. The second kappa shape index (κ2) is 8.21. The van der Waals surface area contributed by atoms with Crippen LogP contribution in [0.2, 0.25) is 0 Å². The lowest BCUT2D eigenvalue weighted by Crippen LogP contribution is -2.38. The van der Waals surface area contributed by atoms with E-state index in [0.29, 0.717) is 6.10 Å². The van der Waals surface area contributed by atoms with E-state index < -0.39 is 0 Å². The van der Waals surface area contributed by atoms with E-state index in [9.17, 15) is 0 Å². The Morgan fingerprint density at radius 1 is 1.05 bits per heavy atom. The van der Waals surface area contributed by atoms with E-state index >= 15 is 0 Å². The molecule has 2 heteroatoms. The zero-order chi connectivity index (χ0) is 13.3. The van der Waals surface area contributed by atoms with Crippen molar-refractivity contribution in [1.29, 1.82) is 0 Å². The number of nitrogens with zero attached hydrogens (tertiary/aromatic N) is 1. The van der Waals surface area contributed by atoms with Gasteiger partial charge in [0.25, 0.3) is 0 Å². The molecule has 0 radical (unpaired) electrons. The predicted molar refractivity (Wildman–Crippen MR) is 80.7 cm³/mol. The van der Waals surface area contributed by atoms with Crippen LogP contribution in [0.15, 0.2) is 30.3 Å². The number of benzene rings is 1. The maximum absolute atomic E-state index is 6.02. The van der Waals surface area contributed by atoms with Crippen LogP contribution in [0.25, 0.3) is 0 Å². The Hall–Kier alpha value is -1.02. The molecule has 0 aromatic heterocycles. The van der Waals surface area contributed by atoms with Crippen LogP contribution in [0, 0.1) is 0 Å². The van der Waals surface area contributed by atoms with Crippen LogP contribution in [0.1, 0.15) is 45.4 Å². The van der Waals surface area contributed by atoms with Gasteiger partial charge in [-0.15, -0.1) is 0 Å². The molecule has 0 N–H and O–H groups in total. The molecule has 0 spiro atoms. The van der Waals surface area contributed by atoms with Crippen LogP contribution in [0.5, 0.6) is 5.75 Å². The lowest BCUT2D eigenvalue weighted by molar-refractivity contribution is 0.0995. The van der Waals surface area contributed by atoms with Gasteiger partial charge in [0.1, 0.15) is 11.9 Å². The Bertz CT molecular complexity index is 330. The lowest BCUT2D eigenvalue weighted by Gasteiger charge is -2.32. The summed E-state index contributed by atoms with van der Waals surface area (Å²) in [6, 6.07) is 10.2. The van der Waals surface area contributed by atoms with Gasteiger partial charge in [-0.2, -0.15) is 0 Å². The Morgan fingerprint density at radius 3 is 2.47 bits per heavy atom. The number of rotatable bonds is 7. The van der Waals surface area contributed by atoms with Gasteiger partial charge in [0.05, 0.1) is 0 Å². The standard InChI is InChI=1S/C17H27NO/c1-2-3-4-8-13-18-14-11-17(12-15-18)19-16-9-6-5-7-10-16/h5-7,9-10,17H,2-4,8,11-15H2,1H3. The Balaban J connectivity index is 1.62. The Morgan fingerprint density at radius 2 is 1.79 bits per heavy atom. The van der Waals surface area contributed by atoms with Gasteiger partial charge in [-0.1, -0.05) is 44.4 Å². The zero-order valence-corrected chi connectivity index (χ0v) is 12.2. The first-order chi connectivity index (χ1) is 9.38. The lowest BCUT2D eigenvalue weighted by atomic mass is 10.1. The first kappa shape index (κ1) is 14.4. The number of piperidine rings is 1. The molecule has 1 heterocycles. The van der Waals surface area contributed by atoms with Crippen molar-refractivity contribution in [2.45, 2.75) is 51.6 Å². The minimum atomic E-state index is 0.411. The van der Waals surface area contributed by atoms with Gasteiger partial charge in [0.2, 0.25) is 0 Å². The number of para-hydroxylation sites is 1. The highest BCUT2D eigenvalue weighted by molar-refractivity contribution is 5.21. The number of likely N-dealkylation sites (tertiary alicyclic amines) is 1. The Kier molecular flexibility index (Phi) is 6.22. The fraction of sp³-hybridized carbons (Fsp3) is 0.647. The van der Waals surface area contributed by atoms with Crippen LogP contribution < -0.4 is 4.74 Å². The summed E-state index contributed by atoms with van der Waals surface area (Å²) in [6.07, 6.45) is 8.20. The summed E-state index contributed by atoms with van der Waals surface area (Å²) in [5.41, 5.74) is 0. The third-order valence-electron chi connectivity index (χ3n) is 3.91. The van der Waals surface area contributed by atoms with Crippen molar-refractivity contribution in [3.63, 3.8) is 0 Å². The van der Waals surface area contributed by atoms with Crippen LogP contribution in [0.4, 0.5) is 0 Å². The average Bonchev–Trinajstić information content (AvgIpc) is 2.46. The van der Waals surface area contributed by atoms with Crippen molar-refractivity contribution in [3.8, 4) is 5.75 Å². The molecule has 0 unspecified atom stereocenters. The van der Waals surface area contributed by atoms with E-state index in [-0.39, 0.29) is 0 Å². The quantitative estimate of drug-likeness (QED) is 0.685. The fourth-order valence-electron chi connectivity index (χ4n) is 2.70. The summed E-state index contributed by atoms with van der Waals surface area (Å²) in [6.45, 7) is 5.94. The van der Waals surface area contributed by atoms with Crippen LogP contribution >= 0.6 is 0 Å². The highest BCUT2D eigenvalue weighted by atomic mass is 16.5. The predicted octanol–water partition coefficient (Wildman–Crippen LogP) is 4.11. The van der Waals surface area contributed by atoms with Crippen molar-refractivity contribution >= 4 is 0 Å². The van der Waals surface area contributed by atoms with Crippen LogP contribution in [-0.4, -0.2) is 30.6 Å². The molecule has 1 aliphatic rings.